The Labute approximate surface area is 284 Å². The van der Waals surface area contributed by atoms with Crippen molar-refractivity contribution in [1.29, 1.82) is 0 Å². The number of nitrogens with two attached hydrogens (primary N) is 1. The molecular formula is C24H21N27. The molecule has 0 aliphatic carbocycles. The van der Waals surface area contributed by atoms with Gasteiger partial charge in [-0.15, -0.1) is 0 Å². The van der Waals surface area contributed by atoms with Gasteiger partial charge in [-0.1, -0.05) is 0 Å². The molecular weight excluding hydrogens is 666 g/mol. The zero-order chi connectivity index (χ0) is 34.9. The van der Waals surface area contributed by atoms with E-state index in [0.29, 0.717) is 5.96 Å². The van der Waals surface area contributed by atoms with Crippen LogP contribution in [0.2, 0.25) is 0 Å². The molecule has 10 aliphatic heterocycles. The fourth-order valence-electron chi connectivity index (χ4n) is 5.28. The Morgan fingerprint density at radius 3 is 1.12 bits per heavy atom. The van der Waals surface area contributed by atoms with Crippen molar-refractivity contribution in [3.05, 3.63) is 0 Å². The van der Waals surface area contributed by atoms with Crippen LogP contribution in [-0.2, 0) is 0 Å². The van der Waals surface area contributed by atoms with Gasteiger partial charge in [0, 0.05) is 42.3 Å². The number of aliphatic imine (C=N–C) groups is 18. The van der Waals surface area contributed by atoms with Crippen molar-refractivity contribution in [2.24, 2.45) is 95.6 Å². The van der Waals surface area contributed by atoms with E-state index in [1.54, 1.807) is 52.1 Å². The Bertz CT molecular complexity index is 2390. The van der Waals surface area contributed by atoms with Crippen LogP contribution >= 0.6 is 0 Å². The van der Waals surface area contributed by atoms with Gasteiger partial charge >= 0.3 is 0 Å². The maximum absolute atomic E-state index is 6.11. The lowest BCUT2D eigenvalue weighted by molar-refractivity contribution is 0.607. The summed E-state index contributed by atoms with van der Waals surface area (Å²) in [5.41, 5.74) is 6.11. The van der Waals surface area contributed by atoms with Gasteiger partial charge in [-0.2, -0.15) is 89.9 Å². The van der Waals surface area contributed by atoms with E-state index in [1.807, 2.05) is 0 Å². The van der Waals surface area contributed by atoms with Crippen molar-refractivity contribution in [3.63, 3.8) is 0 Å². The van der Waals surface area contributed by atoms with Gasteiger partial charge in [0.05, 0.1) is 0 Å². The first-order valence-electron chi connectivity index (χ1n) is 14.9. The number of guanidine groups is 18. The van der Waals surface area contributed by atoms with Crippen molar-refractivity contribution in [2.45, 2.75) is 0 Å². The molecule has 0 fully saturated rings. The summed E-state index contributed by atoms with van der Waals surface area (Å²) in [6.07, 6.45) is 0. The molecule has 0 spiro atoms. The predicted octanol–water partition coefficient (Wildman–Crippen LogP) is -4.03. The van der Waals surface area contributed by atoms with Crippen LogP contribution in [-0.4, -0.2) is 184 Å². The minimum Gasteiger partial charge on any atom is -0.368 e. The van der Waals surface area contributed by atoms with E-state index in [-0.39, 0.29) is 101 Å². The maximum Gasteiger partial charge on any atom is 0.246 e. The summed E-state index contributed by atoms with van der Waals surface area (Å²) in [5, 5.41) is 2.95. The highest BCUT2D eigenvalue weighted by atomic mass is 15.6. The highest BCUT2D eigenvalue weighted by Gasteiger charge is 2.42. The van der Waals surface area contributed by atoms with Crippen LogP contribution in [0.3, 0.4) is 0 Å². The van der Waals surface area contributed by atoms with Gasteiger partial charge in [-0.05, 0) is 0 Å². The number of hydrogen-bond acceptors (Lipinski definition) is 27. The Balaban J connectivity index is 1.23. The smallest absolute Gasteiger partial charge is 0.246 e. The third-order valence-electron chi connectivity index (χ3n) is 7.86. The standard InChI is InChI=1S/C24H21N27/c1-26-8-29-18-35-12-41-23-42-13(36-19(30-8)50(18)23)48(6)15-38-21-32-9(45(2)3)31-20-37-14(43-24(44-15)51(20)21)47(5)11-34-17-28-7(25)27-16-33-10(46(12)4)39-22(40-11)49(16)17/h1-6H3,(H2,25,27,28,33,34,39,40)(H,26,29,30,35,36,41,42). The molecule has 10 aliphatic rings. The molecule has 10 heterocycles. The second-order valence-electron chi connectivity index (χ2n) is 11.3. The molecule has 0 atom stereocenters. The lowest BCUT2D eigenvalue weighted by atomic mass is 10.5. The van der Waals surface area contributed by atoms with Gasteiger partial charge in [0.2, 0.25) is 107 Å². The van der Waals surface area contributed by atoms with E-state index in [9.17, 15) is 0 Å². The molecule has 0 radical (unpaired) electrons. The molecule has 252 valence electrons. The summed E-state index contributed by atoms with van der Waals surface area (Å²) in [6.45, 7) is 0. The molecule has 51 heavy (non-hydrogen) atoms. The third-order valence-corrected chi connectivity index (χ3v) is 7.86. The van der Waals surface area contributed by atoms with Crippen molar-refractivity contribution in [2.75, 3.05) is 42.3 Å². The van der Waals surface area contributed by atoms with Crippen molar-refractivity contribution < 1.29 is 0 Å². The number of nitrogens with one attached hydrogen (secondary N) is 1. The van der Waals surface area contributed by atoms with Gasteiger partial charge in [0.1, 0.15) is 0 Å². The van der Waals surface area contributed by atoms with E-state index in [2.05, 4.69) is 50.2 Å². The molecule has 27 nitrogen and oxygen atoms in total. The number of fused-ring (bicyclic) bond motifs is 3. The first kappa shape index (κ1) is 28.3. The zero-order valence-electron chi connectivity index (χ0n) is 27.3. The Morgan fingerprint density at radius 2 is 0.706 bits per heavy atom. The van der Waals surface area contributed by atoms with Crippen LogP contribution < -0.4 is 11.1 Å². The molecule has 0 aromatic heterocycles. The normalized spacial score (nSPS) is 23.5. The molecule has 3 N–H and O–H groups in total. The Kier molecular flexibility index (Phi) is 5.36. The van der Waals surface area contributed by atoms with E-state index in [1.165, 1.54) is 24.5 Å². The second-order valence-corrected chi connectivity index (χ2v) is 11.3. The van der Waals surface area contributed by atoms with Crippen LogP contribution in [0.5, 0.6) is 0 Å². The number of rotatable bonds is 0. The van der Waals surface area contributed by atoms with E-state index < -0.39 is 0 Å². The SMILES string of the molecule is CNC1=NC2=NC3=NC4=NC(=NC(=N1)N24)N(C)C1=NC2=NC(N(C)C)=NC4=NC(=NC(=N1)N24)N(C)C1=NC2=NC(N)=NC4=NC(=NC(=N1)N24)N3C. The topological polar surface area (TPSA) is 283 Å². The van der Waals surface area contributed by atoms with Crippen LogP contribution in [0.1, 0.15) is 0 Å². The summed E-state index contributed by atoms with van der Waals surface area (Å²) >= 11 is 0. The lowest BCUT2D eigenvalue weighted by Gasteiger charge is -2.36. The minimum atomic E-state index is -0.0757. The maximum atomic E-state index is 6.11. The largest absolute Gasteiger partial charge is 0.368 e. The van der Waals surface area contributed by atoms with Crippen LogP contribution in [0.15, 0.2) is 89.9 Å². The lowest BCUT2D eigenvalue weighted by Crippen LogP contribution is -2.55. The van der Waals surface area contributed by atoms with Crippen molar-refractivity contribution in [3.8, 4) is 0 Å². The molecule has 9 bridgehead atoms. The van der Waals surface area contributed by atoms with Gasteiger partial charge < -0.3 is 16.0 Å². The average molecular weight is 688 g/mol. The molecule has 0 aromatic carbocycles. The Morgan fingerprint density at radius 1 is 0.392 bits per heavy atom. The minimum absolute atomic E-state index is 0.0757. The summed E-state index contributed by atoms with van der Waals surface area (Å²) < 4.78 is 0. The monoisotopic (exact) mass is 687 g/mol. The summed E-state index contributed by atoms with van der Waals surface area (Å²) in [7, 11) is 10.3. The second kappa shape index (κ2) is 9.67. The summed E-state index contributed by atoms with van der Waals surface area (Å²) in [4.78, 5) is 94.3. The van der Waals surface area contributed by atoms with Gasteiger partial charge in [-0.3, -0.25) is 14.7 Å². The quantitative estimate of drug-likeness (QED) is 0.250. The van der Waals surface area contributed by atoms with Gasteiger partial charge in [0.25, 0.3) is 0 Å². The van der Waals surface area contributed by atoms with E-state index >= 15 is 0 Å². The fourth-order valence-corrected chi connectivity index (χ4v) is 5.28. The Hall–Kier alpha value is -7.74. The highest BCUT2D eigenvalue weighted by molar-refractivity contribution is 6.36. The fraction of sp³-hybridized carbons (Fsp3) is 0.250. The molecule has 0 saturated heterocycles. The van der Waals surface area contributed by atoms with Crippen molar-refractivity contribution >= 4 is 107 Å². The van der Waals surface area contributed by atoms with E-state index in [4.69, 9.17) is 50.7 Å². The van der Waals surface area contributed by atoms with Crippen LogP contribution in [0, 0.1) is 0 Å². The summed E-state index contributed by atoms with van der Waals surface area (Å²) in [6, 6.07) is 0. The molecule has 0 aromatic rings. The number of nitrogens with zero attached hydrogens (tertiary/aromatic N) is 25. The third kappa shape index (κ3) is 4.04. The molecule has 27 heteroatoms. The first-order valence-corrected chi connectivity index (χ1v) is 14.9. The zero-order valence-corrected chi connectivity index (χ0v) is 27.3. The number of hydrogen-bond donors (Lipinski definition) is 2. The molecule has 0 unspecified atom stereocenters. The van der Waals surface area contributed by atoms with Gasteiger partial charge in [0.15, 0.2) is 0 Å². The highest BCUT2D eigenvalue weighted by Crippen LogP contribution is 2.24. The molecule has 10 rings (SSSR count). The molecule has 0 saturated carbocycles. The van der Waals surface area contributed by atoms with E-state index in [0.717, 1.165) is 0 Å². The first-order chi connectivity index (χ1) is 24.6. The van der Waals surface area contributed by atoms with Gasteiger partial charge in [-0.25, -0.2) is 14.7 Å². The summed E-state index contributed by atoms with van der Waals surface area (Å²) in [5.74, 6) is 2.84. The molecule has 0 amide bonds. The van der Waals surface area contributed by atoms with Crippen LogP contribution in [0.4, 0.5) is 0 Å². The predicted molar refractivity (Wildman–Crippen MR) is 190 cm³/mol. The average Bonchev–Trinajstić information content (AvgIpc) is 3.12. The van der Waals surface area contributed by atoms with Crippen molar-refractivity contribution in [1.82, 2.24) is 39.6 Å². The van der Waals surface area contributed by atoms with Crippen LogP contribution in [0.25, 0.3) is 0 Å².